The van der Waals surface area contributed by atoms with Gasteiger partial charge >= 0.3 is 0 Å². The second-order valence-corrected chi connectivity index (χ2v) is 6.98. The lowest BCUT2D eigenvalue weighted by Crippen LogP contribution is -2.30. The van der Waals surface area contributed by atoms with E-state index in [1.807, 2.05) is 68.5 Å². The molecule has 0 spiro atoms. The molecule has 0 saturated heterocycles. The van der Waals surface area contributed by atoms with E-state index in [1.165, 1.54) is 0 Å². The first-order chi connectivity index (χ1) is 11.6. The summed E-state index contributed by atoms with van der Waals surface area (Å²) in [5, 5.41) is 1.33. The third kappa shape index (κ3) is 3.40. The Bertz CT molecular complexity index is 831. The molecule has 1 amide bonds. The van der Waals surface area contributed by atoms with E-state index in [9.17, 15) is 4.79 Å². The second-order valence-electron chi connectivity index (χ2n) is 5.34. The fourth-order valence-electron chi connectivity index (χ4n) is 2.38. The van der Waals surface area contributed by atoms with Crippen LogP contribution in [-0.2, 0) is 4.79 Å². The number of amidine groups is 1. The van der Waals surface area contributed by atoms with Crippen molar-refractivity contribution in [1.29, 1.82) is 0 Å². The maximum absolute atomic E-state index is 12.9. The average Bonchev–Trinajstić information content (AvgIpc) is 2.87. The van der Waals surface area contributed by atoms with Crippen molar-refractivity contribution in [1.82, 2.24) is 0 Å². The molecule has 2 aromatic carbocycles. The van der Waals surface area contributed by atoms with Gasteiger partial charge in [0.25, 0.3) is 5.91 Å². The molecule has 24 heavy (non-hydrogen) atoms. The molecule has 0 aliphatic carbocycles. The smallest absolute Gasteiger partial charge is 0.266 e. The quantitative estimate of drug-likeness (QED) is 0.713. The summed E-state index contributed by atoms with van der Waals surface area (Å²) >= 11 is 7.77. The predicted molar refractivity (Wildman–Crippen MR) is 104 cm³/mol. The number of carbonyl (C=O) groups is 1. The zero-order chi connectivity index (χ0) is 17.1. The lowest BCUT2D eigenvalue weighted by molar-refractivity contribution is -0.113. The molecule has 0 radical (unpaired) electrons. The lowest BCUT2D eigenvalue weighted by Gasteiger charge is -2.18. The molecule has 3 nitrogen and oxygen atoms in total. The van der Waals surface area contributed by atoms with E-state index in [2.05, 4.69) is 4.99 Å². The Balaban J connectivity index is 2.00. The van der Waals surface area contributed by atoms with Crippen LogP contribution >= 0.6 is 23.4 Å². The van der Waals surface area contributed by atoms with Gasteiger partial charge in [0, 0.05) is 5.02 Å². The van der Waals surface area contributed by atoms with Crippen LogP contribution in [0, 0.1) is 6.92 Å². The van der Waals surface area contributed by atoms with Gasteiger partial charge < -0.3 is 0 Å². The van der Waals surface area contributed by atoms with Crippen LogP contribution in [0.1, 0.15) is 18.1 Å². The third-order valence-corrected chi connectivity index (χ3v) is 4.85. The van der Waals surface area contributed by atoms with Gasteiger partial charge in [0.05, 0.1) is 5.69 Å². The number of amides is 1. The van der Waals surface area contributed by atoms with Crippen molar-refractivity contribution in [2.45, 2.75) is 13.8 Å². The molecule has 1 heterocycles. The minimum absolute atomic E-state index is 0.130. The minimum Gasteiger partial charge on any atom is -0.266 e. The van der Waals surface area contributed by atoms with Crippen molar-refractivity contribution < 1.29 is 4.79 Å². The van der Waals surface area contributed by atoms with Gasteiger partial charge in [0.1, 0.15) is 5.70 Å². The molecule has 5 heteroatoms. The monoisotopic (exact) mass is 356 g/mol. The second kappa shape index (κ2) is 7.24. The molecule has 0 fully saturated rings. The van der Waals surface area contributed by atoms with Gasteiger partial charge in [-0.2, -0.15) is 0 Å². The topological polar surface area (TPSA) is 32.7 Å². The number of hydrogen-bond acceptors (Lipinski definition) is 3. The number of anilines is 1. The SMILES string of the molecule is CCSC1=N/C(=C\c2ccccc2)C(=O)N1c1ccc(C)c(Cl)c1. The van der Waals surface area contributed by atoms with Crippen molar-refractivity contribution in [3.05, 3.63) is 70.4 Å². The zero-order valence-electron chi connectivity index (χ0n) is 13.5. The Morgan fingerprint density at radius 1 is 1.21 bits per heavy atom. The molecular formula is C19H17ClN2OS. The van der Waals surface area contributed by atoms with E-state index in [0.29, 0.717) is 15.9 Å². The number of halogens is 1. The van der Waals surface area contributed by atoms with E-state index in [1.54, 1.807) is 16.7 Å². The highest BCUT2D eigenvalue weighted by Crippen LogP contribution is 2.31. The first kappa shape index (κ1) is 16.8. The Kier molecular flexibility index (Phi) is 5.07. The molecular weight excluding hydrogens is 340 g/mol. The van der Waals surface area contributed by atoms with Crippen LogP contribution in [-0.4, -0.2) is 16.8 Å². The summed E-state index contributed by atoms with van der Waals surface area (Å²) in [6.45, 7) is 3.98. The molecule has 0 atom stereocenters. The molecule has 0 aromatic heterocycles. The molecule has 0 N–H and O–H groups in total. The first-order valence-corrected chi connectivity index (χ1v) is 9.05. The van der Waals surface area contributed by atoms with Crippen molar-refractivity contribution >= 4 is 46.2 Å². The van der Waals surface area contributed by atoms with E-state index in [0.717, 1.165) is 22.6 Å². The van der Waals surface area contributed by atoms with Gasteiger partial charge in [-0.1, -0.05) is 66.7 Å². The van der Waals surface area contributed by atoms with Crippen LogP contribution in [0.5, 0.6) is 0 Å². The lowest BCUT2D eigenvalue weighted by atomic mass is 10.2. The maximum atomic E-state index is 12.9. The fraction of sp³-hybridized carbons (Fsp3) is 0.158. The summed E-state index contributed by atoms with van der Waals surface area (Å²) in [6, 6.07) is 15.4. The zero-order valence-corrected chi connectivity index (χ0v) is 15.1. The van der Waals surface area contributed by atoms with Crippen molar-refractivity contribution in [2.75, 3.05) is 10.7 Å². The molecule has 0 saturated carbocycles. The first-order valence-electron chi connectivity index (χ1n) is 7.69. The summed E-state index contributed by atoms with van der Waals surface area (Å²) in [4.78, 5) is 19.0. The number of rotatable bonds is 3. The molecule has 1 aliphatic heterocycles. The normalized spacial score (nSPS) is 16.0. The van der Waals surface area contributed by atoms with E-state index in [4.69, 9.17) is 11.6 Å². The summed E-state index contributed by atoms with van der Waals surface area (Å²) < 4.78 is 0. The highest BCUT2D eigenvalue weighted by atomic mass is 35.5. The van der Waals surface area contributed by atoms with Crippen LogP contribution < -0.4 is 4.90 Å². The van der Waals surface area contributed by atoms with E-state index in [-0.39, 0.29) is 5.91 Å². The molecule has 0 unspecified atom stereocenters. The van der Waals surface area contributed by atoms with Crippen LogP contribution in [0.25, 0.3) is 6.08 Å². The number of hydrogen-bond donors (Lipinski definition) is 0. The fourth-order valence-corrected chi connectivity index (χ4v) is 3.29. The number of carbonyl (C=O) groups excluding carboxylic acids is 1. The van der Waals surface area contributed by atoms with Crippen LogP contribution in [0.4, 0.5) is 5.69 Å². The predicted octanol–water partition coefficient (Wildman–Crippen LogP) is 5.15. The van der Waals surface area contributed by atoms with E-state index < -0.39 is 0 Å². The number of aliphatic imine (C=N–C) groups is 1. The highest BCUT2D eigenvalue weighted by Gasteiger charge is 2.31. The summed E-state index contributed by atoms with van der Waals surface area (Å²) in [5.74, 6) is 0.704. The number of nitrogens with zero attached hydrogens (tertiary/aromatic N) is 2. The standard InChI is InChI=1S/C19H17ClN2OS/c1-3-24-19-21-17(11-14-7-5-4-6-8-14)18(23)22(19)15-10-9-13(2)16(20)12-15/h4-12H,3H2,1-2H3/b17-11-. The summed E-state index contributed by atoms with van der Waals surface area (Å²) in [7, 11) is 0. The molecule has 2 aromatic rings. The van der Waals surface area contributed by atoms with Crippen molar-refractivity contribution in [3.63, 3.8) is 0 Å². The molecule has 1 aliphatic rings. The van der Waals surface area contributed by atoms with Gasteiger partial charge in [-0.3, -0.25) is 9.69 Å². The van der Waals surface area contributed by atoms with Crippen LogP contribution in [0.3, 0.4) is 0 Å². The Morgan fingerprint density at radius 2 is 1.96 bits per heavy atom. The largest absolute Gasteiger partial charge is 0.283 e. The van der Waals surface area contributed by atoms with Crippen molar-refractivity contribution in [3.8, 4) is 0 Å². The van der Waals surface area contributed by atoms with Gasteiger partial charge in [-0.25, -0.2) is 4.99 Å². The van der Waals surface area contributed by atoms with Gasteiger partial charge in [0.15, 0.2) is 5.17 Å². The summed E-state index contributed by atoms with van der Waals surface area (Å²) in [6.07, 6.45) is 1.81. The maximum Gasteiger partial charge on any atom is 0.283 e. The third-order valence-electron chi connectivity index (χ3n) is 3.62. The Morgan fingerprint density at radius 3 is 2.62 bits per heavy atom. The van der Waals surface area contributed by atoms with Crippen LogP contribution in [0.15, 0.2) is 59.2 Å². The van der Waals surface area contributed by atoms with Crippen LogP contribution in [0.2, 0.25) is 5.02 Å². The summed E-state index contributed by atoms with van der Waals surface area (Å²) in [5.41, 5.74) is 3.11. The van der Waals surface area contributed by atoms with E-state index >= 15 is 0 Å². The average molecular weight is 357 g/mol. The number of benzene rings is 2. The Hall–Kier alpha value is -2.04. The highest BCUT2D eigenvalue weighted by molar-refractivity contribution is 8.14. The molecule has 3 rings (SSSR count). The molecule has 0 bridgehead atoms. The van der Waals surface area contributed by atoms with Gasteiger partial charge in [-0.05, 0) is 42.0 Å². The van der Waals surface area contributed by atoms with Crippen molar-refractivity contribution in [2.24, 2.45) is 4.99 Å². The minimum atomic E-state index is -0.130. The Labute approximate surface area is 151 Å². The van der Waals surface area contributed by atoms with Gasteiger partial charge in [-0.15, -0.1) is 0 Å². The number of aryl methyl sites for hydroxylation is 1. The number of thioether (sulfide) groups is 1. The van der Waals surface area contributed by atoms with Gasteiger partial charge in [0.2, 0.25) is 0 Å². The molecule has 122 valence electrons.